The van der Waals surface area contributed by atoms with E-state index >= 15 is 0 Å². The molecule has 100 valence electrons. The monoisotopic (exact) mass is 266 g/mol. The highest BCUT2D eigenvalue weighted by molar-refractivity contribution is 6.34. The molecule has 1 aliphatic carbocycles. The molecule has 1 aliphatic rings. The van der Waals surface area contributed by atoms with Gasteiger partial charge in [-0.3, -0.25) is 0 Å². The first-order valence-electron chi connectivity index (χ1n) is 6.80. The van der Waals surface area contributed by atoms with Gasteiger partial charge >= 0.3 is 0 Å². The largest absolute Gasteiger partial charge is 0.381 e. The number of anilines is 2. The Morgan fingerprint density at radius 1 is 1.17 bits per heavy atom. The van der Waals surface area contributed by atoms with E-state index in [1.165, 1.54) is 25.7 Å². The van der Waals surface area contributed by atoms with Crippen LogP contribution in [0, 0.1) is 5.92 Å². The molecule has 1 aromatic carbocycles. The van der Waals surface area contributed by atoms with Crippen LogP contribution >= 0.6 is 11.6 Å². The van der Waals surface area contributed by atoms with Crippen LogP contribution in [-0.4, -0.2) is 20.1 Å². The Balaban J connectivity index is 2.11. The Bertz CT molecular complexity index is 395. The number of hydrogen-bond donors (Lipinski definition) is 1. The fraction of sp³-hybridized carbons (Fsp3) is 0.600. The van der Waals surface area contributed by atoms with Crippen LogP contribution < -0.4 is 10.2 Å². The molecule has 0 aliphatic heterocycles. The first kappa shape index (κ1) is 13.5. The maximum atomic E-state index is 6.28. The topological polar surface area (TPSA) is 15.3 Å². The Morgan fingerprint density at radius 2 is 1.83 bits per heavy atom. The summed E-state index contributed by atoms with van der Waals surface area (Å²) in [4.78, 5) is 2.08. The number of hydrogen-bond acceptors (Lipinski definition) is 2. The van der Waals surface area contributed by atoms with Crippen LogP contribution in [0.1, 0.15) is 32.6 Å². The second kappa shape index (κ2) is 5.83. The van der Waals surface area contributed by atoms with Crippen molar-refractivity contribution < 1.29 is 0 Å². The lowest BCUT2D eigenvalue weighted by atomic mass is 9.87. The summed E-state index contributed by atoms with van der Waals surface area (Å²) >= 11 is 6.28. The first-order chi connectivity index (χ1) is 8.58. The van der Waals surface area contributed by atoms with E-state index < -0.39 is 0 Å². The Kier molecular flexibility index (Phi) is 4.39. The summed E-state index contributed by atoms with van der Waals surface area (Å²) in [5.74, 6) is 0.885. The van der Waals surface area contributed by atoms with Crippen LogP contribution in [-0.2, 0) is 0 Å². The molecule has 0 bridgehead atoms. The van der Waals surface area contributed by atoms with E-state index in [2.05, 4.69) is 23.2 Å². The van der Waals surface area contributed by atoms with Crippen molar-refractivity contribution in [1.29, 1.82) is 0 Å². The standard InChI is InChI=1S/C15H23ClN2/c1-11-7-9-12(10-8-11)17-14-6-4-5-13(16)15(14)18(2)3/h4-6,11-12,17H,7-10H2,1-3H3. The van der Waals surface area contributed by atoms with Gasteiger partial charge in [0.2, 0.25) is 0 Å². The molecule has 0 aromatic heterocycles. The number of nitrogens with one attached hydrogen (secondary N) is 1. The predicted octanol–water partition coefficient (Wildman–Crippen LogP) is 4.40. The molecule has 3 heteroatoms. The Morgan fingerprint density at radius 3 is 2.44 bits per heavy atom. The third-order valence-electron chi connectivity index (χ3n) is 3.81. The molecule has 1 N–H and O–H groups in total. The highest BCUT2D eigenvalue weighted by Crippen LogP contribution is 2.34. The third kappa shape index (κ3) is 3.11. The highest BCUT2D eigenvalue weighted by Gasteiger charge is 2.19. The van der Waals surface area contributed by atoms with Crippen molar-refractivity contribution in [2.24, 2.45) is 5.92 Å². The highest BCUT2D eigenvalue weighted by atomic mass is 35.5. The van der Waals surface area contributed by atoms with Crippen molar-refractivity contribution in [3.63, 3.8) is 0 Å². The summed E-state index contributed by atoms with van der Waals surface area (Å²) in [6, 6.07) is 6.69. The fourth-order valence-electron chi connectivity index (χ4n) is 2.71. The molecule has 0 heterocycles. The van der Waals surface area contributed by atoms with Gasteiger partial charge in [0.25, 0.3) is 0 Å². The molecule has 0 unspecified atom stereocenters. The normalized spacial score (nSPS) is 23.8. The molecule has 2 rings (SSSR count). The molecule has 18 heavy (non-hydrogen) atoms. The van der Waals surface area contributed by atoms with E-state index in [4.69, 9.17) is 11.6 Å². The third-order valence-corrected chi connectivity index (χ3v) is 4.11. The van der Waals surface area contributed by atoms with E-state index in [1.807, 2.05) is 26.2 Å². The summed E-state index contributed by atoms with van der Waals surface area (Å²) in [7, 11) is 4.07. The lowest BCUT2D eigenvalue weighted by molar-refractivity contribution is 0.361. The van der Waals surface area contributed by atoms with Crippen molar-refractivity contribution in [2.75, 3.05) is 24.3 Å². The van der Waals surface area contributed by atoms with E-state index in [0.717, 1.165) is 22.3 Å². The number of rotatable bonds is 3. The zero-order chi connectivity index (χ0) is 13.1. The molecule has 0 amide bonds. The van der Waals surface area contributed by atoms with Crippen LogP contribution in [0.25, 0.3) is 0 Å². The lowest BCUT2D eigenvalue weighted by Gasteiger charge is -2.29. The van der Waals surface area contributed by atoms with Crippen molar-refractivity contribution in [3.05, 3.63) is 23.2 Å². The lowest BCUT2D eigenvalue weighted by Crippen LogP contribution is -2.26. The van der Waals surface area contributed by atoms with Crippen molar-refractivity contribution in [2.45, 2.75) is 38.6 Å². The quantitative estimate of drug-likeness (QED) is 0.873. The fourth-order valence-corrected chi connectivity index (χ4v) is 3.05. The Labute approximate surface area is 115 Å². The number of benzene rings is 1. The number of para-hydroxylation sites is 1. The smallest absolute Gasteiger partial charge is 0.0786 e. The van der Waals surface area contributed by atoms with Gasteiger partial charge in [-0.1, -0.05) is 24.6 Å². The molecule has 1 aromatic rings. The molecule has 2 nitrogen and oxygen atoms in total. The van der Waals surface area contributed by atoms with Crippen molar-refractivity contribution in [3.8, 4) is 0 Å². The van der Waals surface area contributed by atoms with Gasteiger partial charge in [0.1, 0.15) is 0 Å². The molecule has 1 fully saturated rings. The van der Waals surface area contributed by atoms with Gasteiger partial charge in [-0.2, -0.15) is 0 Å². The van der Waals surface area contributed by atoms with Crippen LogP contribution in [0.2, 0.25) is 5.02 Å². The van der Waals surface area contributed by atoms with E-state index in [-0.39, 0.29) is 0 Å². The molecular weight excluding hydrogens is 244 g/mol. The van der Waals surface area contributed by atoms with Gasteiger partial charge < -0.3 is 10.2 Å². The second-order valence-electron chi connectivity index (χ2n) is 5.63. The summed E-state index contributed by atoms with van der Waals surface area (Å²) < 4.78 is 0. The van der Waals surface area contributed by atoms with Gasteiger partial charge in [0.15, 0.2) is 0 Å². The van der Waals surface area contributed by atoms with Crippen molar-refractivity contribution >= 4 is 23.0 Å². The van der Waals surface area contributed by atoms with E-state index in [1.54, 1.807) is 0 Å². The molecule has 0 spiro atoms. The van der Waals surface area contributed by atoms with Gasteiger partial charge in [-0.25, -0.2) is 0 Å². The Hall–Kier alpha value is -0.890. The molecule has 0 radical (unpaired) electrons. The summed E-state index contributed by atoms with van der Waals surface area (Å²) in [5, 5.41) is 4.48. The number of halogens is 1. The zero-order valence-electron chi connectivity index (χ0n) is 11.5. The summed E-state index contributed by atoms with van der Waals surface area (Å²) in [6.07, 6.45) is 5.19. The number of nitrogens with zero attached hydrogens (tertiary/aromatic N) is 1. The van der Waals surface area contributed by atoms with E-state index in [0.29, 0.717) is 6.04 Å². The average Bonchev–Trinajstić information content (AvgIpc) is 2.32. The molecular formula is C15H23ClN2. The van der Waals surface area contributed by atoms with Gasteiger partial charge in [0, 0.05) is 20.1 Å². The van der Waals surface area contributed by atoms with Crippen LogP contribution in [0.3, 0.4) is 0 Å². The van der Waals surface area contributed by atoms with Gasteiger partial charge in [0.05, 0.1) is 16.4 Å². The van der Waals surface area contributed by atoms with Crippen LogP contribution in [0.5, 0.6) is 0 Å². The van der Waals surface area contributed by atoms with Gasteiger partial charge in [-0.05, 0) is 43.7 Å². The molecule has 1 saturated carbocycles. The van der Waals surface area contributed by atoms with Crippen LogP contribution in [0.15, 0.2) is 18.2 Å². The SMILES string of the molecule is CC1CCC(Nc2cccc(Cl)c2N(C)C)CC1. The molecule has 0 saturated heterocycles. The maximum absolute atomic E-state index is 6.28. The molecule has 0 atom stereocenters. The zero-order valence-corrected chi connectivity index (χ0v) is 12.3. The van der Waals surface area contributed by atoms with E-state index in [9.17, 15) is 0 Å². The first-order valence-corrected chi connectivity index (χ1v) is 7.18. The average molecular weight is 267 g/mol. The van der Waals surface area contributed by atoms with Crippen molar-refractivity contribution in [1.82, 2.24) is 0 Å². The predicted molar refractivity (Wildman–Crippen MR) is 80.8 cm³/mol. The second-order valence-corrected chi connectivity index (χ2v) is 6.04. The summed E-state index contributed by atoms with van der Waals surface area (Å²) in [6.45, 7) is 2.35. The minimum absolute atomic E-state index is 0.596. The summed E-state index contributed by atoms with van der Waals surface area (Å²) in [5.41, 5.74) is 2.25. The van der Waals surface area contributed by atoms with Crippen LogP contribution in [0.4, 0.5) is 11.4 Å². The maximum Gasteiger partial charge on any atom is 0.0786 e. The van der Waals surface area contributed by atoms with Gasteiger partial charge in [-0.15, -0.1) is 0 Å². The minimum atomic E-state index is 0.596. The minimum Gasteiger partial charge on any atom is -0.381 e.